The van der Waals surface area contributed by atoms with Crippen LogP contribution in [0.3, 0.4) is 0 Å². The summed E-state index contributed by atoms with van der Waals surface area (Å²) in [7, 11) is 3.14. The second-order valence-electron chi connectivity index (χ2n) is 8.48. The predicted octanol–water partition coefficient (Wildman–Crippen LogP) is 3.61. The Kier molecular flexibility index (Phi) is 8.75. The number of ether oxygens (including phenoxy) is 5. The molecular formula is C29H32N2O7S. The Morgan fingerprint density at radius 3 is 2.38 bits per heavy atom. The van der Waals surface area contributed by atoms with Crippen LogP contribution in [0.25, 0.3) is 6.08 Å². The molecule has 39 heavy (non-hydrogen) atoms. The zero-order valence-corrected chi connectivity index (χ0v) is 23.7. The lowest BCUT2D eigenvalue weighted by molar-refractivity contribution is -0.139. The van der Waals surface area contributed by atoms with Crippen LogP contribution < -0.4 is 33.8 Å². The summed E-state index contributed by atoms with van der Waals surface area (Å²) in [6.07, 6.45) is 1.76. The van der Waals surface area contributed by atoms with E-state index in [1.54, 1.807) is 58.4 Å². The molecule has 1 atom stereocenters. The Bertz CT molecular complexity index is 1590. The molecule has 1 aliphatic heterocycles. The van der Waals surface area contributed by atoms with Gasteiger partial charge < -0.3 is 23.7 Å². The minimum Gasteiger partial charge on any atom is -0.497 e. The summed E-state index contributed by atoms with van der Waals surface area (Å²) >= 11 is 1.24. The van der Waals surface area contributed by atoms with Crippen LogP contribution in [-0.4, -0.2) is 44.6 Å². The van der Waals surface area contributed by atoms with Crippen LogP contribution in [0.4, 0.5) is 0 Å². The van der Waals surface area contributed by atoms with Crippen molar-refractivity contribution in [2.45, 2.75) is 33.7 Å². The summed E-state index contributed by atoms with van der Waals surface area (Å²) in [5, 5.41) is 0. The highest BCUT2D eigenvalue weighted by molar-refractivity contribution is 7.07. The second-order valence-corrected chi connectivity index (χ2v) is 9.49. The number of carbonyl (C=O) groups excluding carboxylic acids is 1. The number of benzene rings is 2. The van der Waals surface area contributed by atoms with E-state index in [1.165, 1.54) is 15.9 Å². The number of allylic oxidation sites excluding steroid dienone is 1. The monoisotopic (exact) mass is 552 g/mol. The third-order valence-corrected chi connectivity index (χ3v) is 7.11. The molecule has 0 spiro atoms. The maximum atomic E-state index is 13.9. The van der Waals surface area contributed by atoms with Crippen LogP contribution in [-0.2, 0) is 9.53 Å². The van der Waals surface area contributed by atoms with Crippen molar-refractivity contribution < 1.29 is 28.5 Å². The number of rotatable bonds is 10. The normalized spacial score (nSPS) is 14.9. The molecule has 1 aromatic heterocycles. The van der Waals surface area contributed by atoms with E-state index in [9.17, 15) is 9.59 Å². The third kappa shape index (κ3) is 5.56. The van der Waals surface area contributed by atoms with E-state index in [1.807, 2.05) is 26.0 Å². The van der Waals surface area contributed by atoms with E-state index in [-0.39, 0.29) is 12.2 Å². The topological polar surface area (TPSA) is 97.6 Å². The van der Waals surface area contributed by atoms with Crippen molar-refractivity contribution in [2.75, 3.05) is 34.0 Å². The summed E-state index contributed by atoms with van der Waals surface area (Å²) in [5.41, 5.74) is 1.88. The molecule has 0 fully saturated rings. The van der Waals surface area contributed by atoms with Crippen molar-refractivity contribution in [3.8, 4) is 23.0 Å². The molecule has 9 nitrogen and oxygen atoms in total. The van der Waals surface area contributed by atoms with E-state index in [0.29, 0.717) is 67.9 Å². The number of carbonyl (C=O) groups is 1. The summed E-state index contributed by atoms with van der Waals surface area (Å²) in [4.78, 5) is 32.2. The van der Waals surface area contributed by atoms with Gasteiger partial charge in [-0.1, -0.05) is 17.4 Å². The Morgan fingerprint density at radius 1 is 0.974 bits per heavy atom. The Hall–Kier alpha value is -4.05. The molecule has 2 aromatic carbocycles. The SMILES string of the molecule is CCOC(=O)C1=C(C)N=c2s/c(=C\c3ccc(OC)cc3OC)c(=O)n2C1c1ccc(OCC)c(OCC)c1. The lowest BCUT2D eigenvalue weighted by Gasteiger charge is -2.25. The molecule has 0 saturated carbocycles. The highest BCUT2D eigenvalue weighted by atomic mass is 32.1. The molecule has 0 amide bonds. The van der Waals surface area contributed by atoms with Gasteiger partial charge in [-0.05, 0) is 63.6 Å². The molecule has 0 N–H and O–H groups in total. The Balaban J connectivity index is 1.95. The molecule has 206 valence electrons. The molecule has 0 saturated heterocycles. The number of esters is 1. The lowest BCUT2D eigenvalue weighted by atomic mass is 9.95. The van der Waals surface area contributed by atoms with Crippen LogP contribution in [0.5, 0.6) is 23.0 Å². The number of methoxy groups -OCH3 is 2. The van der Waals surface area contributed by atoms with Gasteiger partial charge in [0, 0.05) is 11.6 Å². The third-order valence-electron chi connectivity index (χ3n) is 6.13. The zero-order valence-electron chi connectivity index (χ0n) is 22.9. The van der Waals surface area contributed by atoms with Crippen molar-refractivity contribution in [3.63, 3.8) is 0 Å². The van der Waals surface area contributed by atoms with Gasteiger partial charge in [0.05, 0.1) is 55.9 Å². The number of aromatic nitrogens is 1. The van der Waals surface area contributed by atoms with Gasteiger partial charge in [-0.25, -0.2) is 9.79 Å². The minimum atomic E-state index is -0.768. The van der Waals surface area contributed by atoms with E-state index in [4.69, 9.17) is 23.7 Å². The number of hydrogen-bond donors (Lipinski definition) is 0. The first-order valence-electron chi connectivity index (χ1n) is 12.7. The van der Waals surface area contributed by atoms with Crippen LogP contribution in [0.15, 0.2) is 57.5 Å². The number of nitrogens with zero attached hydrogens (tertiary/aromatic N) is 2. The summed E-state index contributed by atoms with van der Waals surface area (Å²) in [6.45, 7) is 8.35. The summed E-state index contributed by atoms with van der Waals surface area (Å²) in [6, 6.07) is 10.0. The maximum Gasteiger partial charge on any atom is 0.338 e. The quantitative estimate of drug-likeness (QED) is 0.355. The largest absolute Gasteiger partial charge is 0.497 e. The first-order chi connectivity index (χ1) is 18.9. The van der Waals surface area contributed by atoms with Gasteiger partial charge in [0.1, 0.15) is 11.5 Å². The van der Waals surface area contributed by atoms with Gasteiger partial charge in [-0.2, -0.15) is 0 Å². The molecule has 10 heteroatoms. The Labute approximate surface area is 230 Å². The van der Waals surface area contributed by atoms with Crippen LogP contribution >= 0.6 is 11.3 Å². The van der Waals surface area contributed by atoms with Gasteiger partial charge >= 0.3 is 5.97 Å². The number of hydrogen-bond acceptors (Lipinski definition) is 9. The first-order valence-corrected chi connectivity index (χ1v) is 13.5. The molecule has 0 radical (unpaired) electrons. The van der Waals surface area contributed by atoms with Gasteiger partial charge in [0.15, 0.2) is 16.3 Å². The Morgan fingerprint density at radius 2 is 1.72 bits per heavy atom. The summed E-state index contributed by atoms with van der Waals surface area (Å²) < 4.78 is 29.8. The van der Waals surface area contributed by atoms with Gasteiger partial charge in [0.25, 0.3) is 5.56 Å². The highest BCUT2D eigenvalue weighted by Gasteiger charge is 2.34. The van der Waals surface area contributed by atoms with Crippen LogP contribution in [0, 0.1) is 0 Å². The number of thiazole rings is 1. The zero-order chi connectivity index (χ0) is 28.1. The fourth-order valence-electron chi connectivity index (χ4n) is 4.42. The molecule has 3 aromatic rings. The van der Waals surface area contributed by atoms with Gasteiger partial charge in [-0.3, -0.25) is 9.36 Å². The molecule has 0 aliphatic carbocycles. The van der Waals surface area contributed by atoms with Crippen molar-refractivity contribution in [1.82, 2.24) is 4.57 Å². The van der Waals surface area contributed by atoms with Crippen LogP contribution in [0.2, 0.25) is 0 Å². The van der Waals surface area contributed by atoms with Gasteiger partial charge in [-0.15, -0.1) is 0 Å². The maximum absolute atomic E-state index is 13.9. The minimum absolute atomic E-state index is 0.192. The van der Waals surface area contributed by atoms with Crippen molar-refractivity contribution in [1.29, 1.82) is 0 Å². The lowest BCUT2D eigenvalue weighted by Crippen LogP contribution is -2.40. The smallest absolute Gasteiger partial charge is 0.338 e. The van der Waals surface area contributed by atoms with Crippen molar-refractivity contribution in [3.05, 3.63) is 78.5 Å². The fourth-order valence-corrected chi connectivity index (χ4v) is 5.46. The molecule has 0 bridgehead atoms. The molecule has 2 heterocycles. The average Bonchev–Trinajstić information content (AvgIpc) is 3.23. The van der Waals surface area contributed by atoms with E-state index in [0.717, 1.165) is 0 Å². The average molecular weight is 553 g/mol. The highest BCUT2D eigenvalue weighted by Crippen LogP contribution is 2.36. The van der Waals surface area contributed by atoms with E-state index < -0.39 is 12.0 Å². The first kappa shape index (κ1) is 28.0. The molecular weight excluding hydrogens is 520 g/mol. The van der Waals surface area contributed by atoms with Crippen LogP contribution in [0.1, 0.15) is 44.9 Å². The molecule has 1 unspecified atom stereocenters. The standard InChI is InChI=1S/C29H32N2O7S/c1-7-36-21-13-11-19(14-23(21)37-8-2)26-25(28(33)38-9-3)17(4)30-29-31(26)27(32)24(39-29)15-18-10-12-20(34-5)16-22(18)35-6/h10-16,26H,7-9H2,1-6H3/b24-15-. The van der Waals surface area contributed by atoms with Crippen molar-refractivity contribution in [2.24, 2.45) is 4.99 Å². The van der Waals surface area contributed by atoms with E-state index >= 15 is 0 Å². The van der Waals surface area contributed by atoms with E-state index in [2.05, 4.69) is 4.99 Å². The van der Waals surface area contributed by atoms with Crippen molar-refractivity contribution >= 4 is 23.4 Å². The molecule has 1 aliphatic rings. The molecule has 4 rings (SSSR count). The van der Waals surface area contributed by atoms with Gasteiger partial charge in [0.2, 0.25) is 0 Å². The fraction of sp³-hybridized carbons (Fsp3) is 0.345. The number of fused-ring (bicyclic) bond motifs is 1. The summed E-state index contributed by atoms with van der Waals surface area (Å²) in [5.74, 6) is 1.79. The predicted molar refractivity (Wildman–Crippen MR) is 149 cm³/mol. The second kappa shape index (κ2) is 12.2.